The molecular weight excluding hydrogens is 348 g/mol. The smallest absolute Gasteiger partial charge is 0.411 e. The minimum Gasteiger partial charge on any atom is -0.497 e. The fraction of sp³-hybridized carbons (Fsp3) is 0.600. The molecule has 7 nitrogen and oxygen atoms in total. The van der Waals surface area contributed by atoms with Crippen LogP contribution in [0.2, 0.25) is 0 Å². The van der Waals surface area contributed by atoms with Crippen molar-refractivity contribution in [3.63, 3.8) is 0 Å². The summed E-state index contributed by atoms with van der Waals surface area (Å²) in [6.45, 7) is 10.1. The van der Waals surface area contributed by atoms with Gasteiger partial charge in [0.1, 0.15) is 23.6 Å². The van der Waals surface area contributed by atoms with Crippen LogP contribution in [-0.4, -0.2) is 60.2 Å². The zero-order chi connectivity index (χ0) is 20.4. The summed E-state index contributed by atoms with van der Waals surface area (Å²) in [6.07, 6.45) is -0.470. The average molecular weight is 378 g/mol. The van der Waals surface area contributed by atoms with E-state index < -0.39 is 17.2 Å². The molecule has 0 unspecified atom stereocenters. The minimum absolute atomic E-state index is 0.0135. The highest BCUT2D eigenvalue weighted by Gasteiger charge is 2.42. The van der Waals surface area contributed by atoms with E-state index in [0.29, 0.717) is 24.6 Å². The highest BCUT2D eigenvalue weighted by Crippen LogP contribution is 2.29. The third-order valence-corrected chi connectivity index (χ3v) is 4.42. The summed E-state index contributed by atoms with van der Waals surface area (Å²) in [7, 11) is 3.18. The molecule has 1 saturated heterocycles. The van der Waals surface area contributed by atoms with Crippen LogP contribution in [0.5, 0.6) is 11.5 Å². The number of hydrogen-bond acceptors (Lipinski definition) is 5. The number of methoxy groups -OCH3 is 2. The Morgan fingerprint density at radius 3 is 2.41 bits per heavy atom. The van der Waals surface area contributed by atoms with Gasteiger partial charge in [-0.3, -0.25) is 9.69 Å². The van der Waals surface area contributed by atoms with Crippen molar-refractivity contribution in [3.05, 3.63) is 23.8 Å². The summed E-state index contributed by atoms with van der Waals surface area (Å²) in [5, 5.41) is 0. The standard InChI is InChI=1S/C20H30N2O5/c1-19(2,3)27-18(24)22-12-17(23)21(13-20(22,4)5)11-14-8-9-15(25-6)10-16(14)26-7/h8-10H,11-13H2,1-7H3. The van der Waals surface area contributed by atoms with Gasteiger partial charge in [0.05, 0.1) is 19.8 Å². The van der Waals surface area contributed by atoms with E-state index >= 15 is 0 Å². The van der Waals surface area contributed by atoms with Gasteiger partial charge in [0, 0.05) is 24.7 Å². The van der Waals surface area contributed by atoms with E-state index in [2.05, 4.69) is 0 Å². The first-order valence-corrected chi connectivity index (χ1v) is 8.96. The first kappa shape index (κ1) is 20.9. The van der Waals surface area contributed by atoms with Gasteiger partial charge in [0.25, 0.3) is 0 Å². The number of piperazine rings is 1. The van der Waals surface area contributed by atoms with Crippen LogP contribution in [0.3, 0.4) is 0 Å². The van der Waals surface area contributed by atoms with Crippen LogP contribution in [0.4, 0.5) is 4.79 Å². The molecule has 2 rings (SSSR count). The molecule has 0 aromatic heterocycles. The predicted molar refractivity (Wildman–Crippen MR) is 102 cm³/mol. The minimum atomic E-state index is -0.607. The van der Waals surface area contributed by atoms with Gasteiger partial charge in [-0.15, -0.1) is 0 Å². The van der Waals surface area contributed by atoms with Crippen molar-refractivity contribution in [1.82, 2.24) is 9.80 Å². The lowest BCUT2D eigenvalue weighted by Crippen LogP contribution is -2.63. The van der Waals surface area contributed by atoms with Crippen LogP contribution < -0.4 is 9.47 Å². The highest BCUT2D eigenvalue weighted by atomic mass is 16.6. The van der Waals surface area contributed by atoms with Crippen molar-refractivity contribution >= 4 is 12.0 Å². The van der Waals surface area contributed by atoms with Gasteiger partial charge in [0.2, 0.25) is 5.91 Å². The molecule has 1 aliphatic heterocycles. The fourth-order valence-corrected chi connectivity index (χ4v) is 3.05. The topological polar surface area (TPSA) is 68.3 Å². The quantitative estimate of drug-likeness (QED) is 0.805. The average Bonchev–Trinajstić information content (AvgIpc) is 2.56. The number of hydrogen-bond donors (Lipinski definition) is 0. The number of ether oxygens (including phenoxy) is 3. The van der Waals surface area contributed by atoms with Crippen LogP contribution in [0, 0.1) is 0 Å². The summed E-state index contributed by atoms with van der Waals surface area (Å²) < 4.78 is 16.1. The number of benzene rings is 1. The third-order valence-electron chi connectivity index (χ3n) is 4.42. The Morgan fingerprint density at radius 2 is 1.85 bits per heavy atom. The first-order chi connectivity index (χ1) is 12.5. The molecule has 1 aliphatic rings. The van der Waals surface area contributed by atoms with Gasteiger partial charge >= 0.3 is 6.09 Å². The number of carbonyl (C=O) groups is 2. The Labute approximate surface area is 161 Å². The van der Waals surface area contributed by atoms with E-state index in [-0.39, 0.29) is 12.5 Å². The molecule has 7 heteroatoms. The Kier molecular flexibility index (Phi) is 5.92. The summed E-state index contributed by atoms with van der Waals surface area (Å²) in [6, 6.07) is 5.52. The van der Waals surface area contributed by atoms with Crippen molar-refractivity contribution in [1.29, 1.82) is 0 Å². The second-order valence-electron chi connectivity index (χ2n) is 8.31. The van der Waals surface area contributed by atoms with Crippen LogP contribution in [0.25, 0.3) is 0 Å². The van der Waals surface area contributed by atoms with E-state index in [1.807, 2.05) is 46.8 Å². The third kappa shape index (κ3) is 5.05. The molecule has 0 spiro atoms. The molecule has 0 aliphatic carbocycles. The second kappa shape index (κ2) is 7.66. The van der Waals surface area contributed by atoms with Gasteiger partial charge in [0.15, 0.2) is 0 Å². The molecule has 1 aromatic carbocycles. The zero-order valence-corrected chi connectivity index (χ0v) is 17.3. The van der Waals surface area contributed by atoms with E-state index in [0.717, 1.165) is 5.56 Å². The van der Waals surface area contributed by atoms with Crippen molar-refractivity contribution in [2.45, 2.75) is 52.3 Å². The number of carbonyl (C=O) groups excluding carboxylic acids is 2. The predicted octanol–water partition coefficient (Wildman–Crippen LogP) is 3.06. The zero-order valence-electron chi connectivity index (χ0n) is 17.3. The van der Waals surface area contributed by atoms with Crippen molar-refractivity contribution in [2.75, 3.05) is 27.3 Å². The van der Waals surface area contributed by atoms with E-state index in [4.69, 9.17) is 14.2 Å². The van der Waals surface area contributed by atoms with Gasteiger partial charge in [-0.2, -0.15) is 0 Å². The molecule has 1 heterocycles. The Bertz CT molecular complexity index is 709. The lowest BCUT2D eigenvalue weighted by atomic mass is 9.98. The molecule has 2 amide bonds. The lowest BCUT2D eigenvalue weighted by molar-refractivity contribution is -0.142. The van der Waals surface area contributed by atoms with E-state index in [1.54, 1.807) is 25.2 Å². The molecule has 0 bridgehead atoms. The number of rotatable bonds is 4. The van der Waals surface area contributed by atoms with Crippen molar-refractivity contribution < 1.29 is 23.8 Å². The Morgan fingerprint density at radius 1 is 1.19 bits per heavy atom. The van der Waals surface area contributed by atoms with Gasteiger partial charge in [-0.25, -0.2) is 4.79 Å². The SMILES string of the molecule is COc1ccc(CN2CC(C)(C)N(C(=O)OC(C)(C)C)CC2=O)c(OC)c1. The normalized spacial score (nSPS) is 16.9. The molecule has 0 saturated carbocycles. The van der Waals surface area contributed by atoms with Crippen LogP contribution in [0.15, 0.2) is 18.2 Å². The summed E-state index contributed by atoms with van der Waals surface area (Å²) in [5.74, 6) is 1.23. The van der Waals surface area contributed by atoms with Crippen LogP contribution >= 0.6 is 0 Å². The van der Waals surface area contributed by atoms with Crippen LogP contribution in [0.1, 0.15) is 40.2 Å². The first-order valence-electron chi connectivity index (χ1n) is 8.96. The highest BCUT2D eigenvalue weighted by molar-refractivity contribution is 5.84. The summed E-state index contributed by atoms with van der Waals surface area (Å²) in [4.78, 5) is 28.5. The molecule has 150 valence electrons. The number of amides is 2. The molecule has 0 atom stereocenters. The Balaban J connectivity index is 2.17. The largest absolute Gasteiger partial charge is 0.497 e. The maximum atomic E-state index is 12.7. The molecule has 0 radical (unpaired) electrons. The van der Waals surface area contributed by atoms with Gasteiger partial charge in [-0.1, -0.05) is 0 Å². The summed E-state index contributed by atoms with van der Waals surface area (Å²) >= 11 is 0. The summed E-state index contributed by atoms with van der Waals surface area (Å²) in [5.41, 5.74) is -0.270. The lowest BCUT2D eigenvalue weighted by Gasteiger charge is -2.46. The fourth-order valence-electron chi connectivity index (χ4n) is 3.05. The monoisotopic (exact) mass is 378 g/mol. The van der Waals surface area contributed by atoms with Gasteiger partial charge in [-0.05, 0) is 46.8 Å². The molecule has 0 N–H and O–H groups in total. The van der Waals surface area contributed by atoms with Gasteiger partial charge < -0.3 is 19.1 Å². The second-order valence-corrected chi connectivity index (χ2v) is 8.31. The van der Waals surface area contributed by atoms with Crippen molar-refractivity contribution in [3.8, 4) is 11.5 Å². The van der Waals surface area contributed by atoms with Crippen molar-refractivity contribution in [2.24, 2.45) is 0 Å². The molecular formula is C20H30N2O5. The maximum Gasteiger partial charge on any atom is 0.411 e. The van der Waals surface area contributed by atoms with E-state index in [9.17, 15) is 9.59 Å². The van der Waals surface area contributed by atoms with E-state index in [1.165, 1.54) is 4.90 Å². The molecule has 27 heavy (non-hydrogen) atoms. The Hall–Kier alpha value is -2.44. The number of nitrogens with zero attached hydrogens (tertiary/aromatic N) is 2. The van der Waals surface area contributed by atoms with Crippen LogP contribution in [-0.2, 0) is 16.1 Å². The molecule has 1 aromatic rings. The molecule has 1 fully saturated rings. The maximum absolute atomic E-state index is 12.7.